The molecule has 7 heteroatoms. The highest BCUT2D eigenvalue weighted by Crippen LogP contribution is 2.17. The van der Waals surface area contributed by atoms with Crippen LogP contribution in [0.25, 0.3) is 5.69 Å². The summed E-state index contributed by atoms with van der Waals surface area (Å²) < 4.78 is 6.33. The summed E-state index contributed by atoms with van der Waals surface area (Å²) in [6.45, 7) is -0.393. The van der Waals surface area contributed by atoms with Gasteiger partial charge in [0.2, 0.25) is 5.88 Å². The number of rotatable bonds is 5. The monoisotopic (exact) mass is 266 g/mol. The van der Waals surface area contributed by atoms with E-state index in [9.17, 15) is 9.90 Å². The van der Waals surface area contributed by atoms with Crippen LogP contribution in [0.4, 0.5) is 0 Å². The first-order chi connectivity index (χ1) is 9.11. The Kier molecular flexibility index (Phi) is 3.88. The topological polar surface area (TPSA) is 108 Å². The van der Waals surface area contributed by atoms with E-state index >= 15 is 0 Å². The van der Waals surface area contributed by atoms with Crippen molar-refractivity contribution < 1.29 is 20.1 Å². The van der Waals surface area contributed by atoms with Crippen LogP contribution in [0.15, 0.2) is 35.3 Å². The molecule has 0 saturated heterocycles. The Labute approximate surface area is 108 Å². The zero-order valence-corrected chi connectivity index (χ0v) is 9.98. The molecule has 1 atom stereocenters. The Balaban J connectivity index is 2.13. The van der Waals surface area contributed by atoms with Crippen molar-refractivity contribution in [1.82, 2.24) is 9.55 Å². The average molecular weight is 266 g/mol. The third-order valence-electron chi connectivity index (χ3n) is 2.50. The number of aliphatic hydroxyl groups excluding tert-OH is 2. The quantitative estimate of drug-likeness (QED) is 0.589. The smallest absolute Gasteiger partial charge is 0.333 e. The first-order valence-electron chi connectivity index (χ1n) is 5.63. The van der Waals surface area contributed by atoms with Gasteiger partial charge in [0.15, 0.2) is 0 Å². The van der Waals surface area contributed by atoms with E-state index in [0.29, 0.717) is 11.4 Å². The van der Waals surface area contributed by atoms with E-state index in [4.69, 9.17) is 14.9 Å². The Bertz CT molecular complexity index is 587. The number of benzene rings is 1. The number of imidazole rings is 1. The van der Waals surface area contributed by atoms with Gasteiger partial charge in [0.1, 0.15) is 18.5 Å². The Morgan fingerprint density at radius 3 is 2.53 bits per heavy atom. The van der Waals surface area contributed by atoms with Gasteiger partial charge in [0.05, 0.1) is 18.5 Å². The third-order valence-corrected chi connectivity index (χ3v) is 2.50. The molecule has 0 aliphatic rings. The molecular formula is C12H14N2O5. The van der Waals surface area contributed by atoms with Gasteiger partial charge in [-0.2, -0.15) is 0 Å². The molecule has 0 bridgehead atoms. The van der Waals surface area contributed by atoms with Gasteiger partial charge in [-0.1, -0.05) is 0 Å². The van der Waals surface area contributed by atoms with Crippen molar-refractivity contribution in [2.24, 2.45) is 0 Å². The average Bonchev–Trinajstić information content (AvgIpc) is 2.76. The molecular weight excluding hydrogens is 252 g/mol. The summed E-state index contributed by atoms with van der Waals surface area (Å²) in [5.74, 6) is 0.300. The predicted molar refractivity (Wildman–Crippen MR) is 66.6 cm³/mol. The van der Waals surface area contributed by atoms with E-state index in [1.807, 2.05) is 0 Å². The van der Waals surface area contributed by atoms with Crippen molar-refractivity contribution >= 4 is 0 Å². The highest BCUT2D eigenvalue weighted by molar-refractivity contribution is 5.39. The van der Waals surface area contributed by atoms with Gasteiger partial charge in [-0.15, -0.1) is 0 Å². The molecule has 0 radical (unpaired) electrons. The van der Waals surface area contributed by atoms with Gasteiger partial charge < -0.3 is 25.0 Å². The van der Waals surface area contributed by atoms with Gasteiger partial charge in [-0.05, 0) is 24.3 Å². The Hall–Kier alpha value is -2.25. The number of hydrogen-bond acceptors (Lipinski definition) is 5. The summed E-state index contributed by atoms with van der Waals surface area (Å²) in [4.78, 5) is 13.8. The van der Waals surface area contributed by atoms with Crippen LogP contribution >= 0.6 is 0 Å². The van der Waals surface area contributed by atoms with E-state index in [1.54, 1.807) is 24.3 Å². The fourth-order valence-corrected chi connectivity index (χ4v) is 1.55. The fourth-order valence-electron chi connectivity index (χ4n) is 1.55. The number of H-pyrrole nitrogens is 1. The van der Waals surface area contributed by atoms with Gasteiger partial charge >= 0.3 is 5.69 Å². The molecule has 102 valence electrons. The van der Waals surface area contributed by atoms with Crippen molar-refractivity contribution in [3.8, 4) is 17.3 Å². The number of nitrogens with zero attached hydrogens (tertiary/aromatic N) is 1. The molecule has 0 unspecified atom stereocenters. The van der Waals surface area contributed by atoms with E-state index < -0.39 is 11.8 Å². The molecule has 1 heterocycles. The van der Waals surface area contributed by atoms with E-state index in [1.165, 1.54) is 6.20 Å². The maximum Gasteiger partial charge on any atom is 0.333 e. The van der Waals surface area contributed by atoms with Crippen LogP contribution in [0, 0.1) is 0 Å². The summed E-state index contributed by atoms with van der Waals surface area (Å²) in [5, 5.41) is 27.3. The molecule has 4 N–H and O–H groups in total. The van der Waals surface area contributed by atoms with Gasteiger partial charge in [0.25, 0.3) is 0 Å². The maximum absolute atomic E-state index is 11.4. The predicted octanol–water partition coefficient (Wildman–Crippen LogP) is -0.397. The van der Waals surface area contributed by atoms with Crippen LogP contribution in [-0.4, -0.2) is 44.2 Å². The second kappa shape index (κ2) is 5.59. The van der Waals surface area contributed by atoms with Crippen molar-refractivity contribution in [2.75, 3.05) is 13.2 Å². The maximum atomic E-state index is 11.4. The molecule has 0 fully saturated rings. The van der Waals surface area contributed by atoms with Crippen molar-refractivity contribution in [3.63, 3.8) is 0 Å². The highest BCUT2D eigenvalue weighted by Gasteiger charge is 2.07. The van der Waals surface area contributed by atoms with Crippen LogP contribution in [0.1, 0.15) is 0 Å². The molecule has 2 aromatic rings. The normalized spacial score (nSPS) is 12.3. The summed E-state index contributed by atoms with van der Waals surface area (Å²) >= 11 is 0. The number of aromatic amines is 1. The summed E-state index contributed by atoms with van der Waals surface area (Å²) in [5.41, 5.74) is 0.0423. The highest BCUT2D eigenvalue weighted by atomic mass is 16.5. The summed E-state index contributed by atoms with van der Waals surface area (Å²) in [7, 11) is 0. The fraction of sp³-hybridized carbons (Fsp3) is 0.250. The van der Waals surface area contributed by atoms with E-state index in [-0.39, 0.29) is 19.1 Å². The van der Waals surface area contributed by atoms with Gasteiger partial charge in [0, 0.05) is 0 Å². The summed E-state index contributed by atoms with van der Waals surface area (Å²) in [6, 6.07) is 6.38. The second-order valence-electron chi connectivity index (χ2n) is 3.93. The third kappa shape index (κ3) is 2.95. The molecule has 0 aliphatic carbocycles. The molecule has 0 amide bonds. The number of nitrogens with one attached hydrogen (secondary N) is 1. The number of ether oxygens (including phenoxy) is 1. The van der Waals surface area contributed by atoms with Crippen molar-refractivity contribution in [3.05, 3.63) is 40.9 Å². The molecule has 7 nitrogen and oxygen atoms in total. The number of hydrogen-bond donors (Lipinski definition) is 4. The lowest BCUT2D eigenvalue weighted by Crippen LogP contribution is -2.21. The SMILES string of the molecule is O=c1[nH]cc(O)n1-c1ccc(OC[C@H](O)CO)cc1. The molecule has 19 heavy (non-hydrogen) atoms. The molecule has 0 spiro atoms. The van der Waals surface area contributed by atoms with E-state index in [0.717, 1.165) is 4.57 Å². The largest absolute Gasteiger partial charge is 0.493 e. The van der Waals surface area contributed by atoms with Crippen molar-refractivity contribution in [1.29, 1.82) is 0 Å². The Morgan fingerprint density at radius 1 is 1.32 bits per heavy atom. The standard InChI is InChI=1S/C12H14N2O5/c15-6-9(16)7-19-10-3-1-8(2-4-10)14-11(17)5-13-12(14)18/h1-5,9,15-17H,6-7H2,(H,13,18)/t9-/m1/s1. The van der Waals surface area contributed by atoms with Gasteiger partial charge in [-0.25, -0.2) is 9.36 Å². The van der Waals surface area contributed by atoms with Crippen molar-refractivity contribution in [2.45, 2.75) is 6.10 Å². The minimum Gasteiger partial charge on any atom is -0.493 e. The Morgan fingerprint density at radius 2 is 2.00 bits per heavy atom. The number of aromatic hydroxyl groups is 1. The molecule has 0 saturated carbocycles. The lowest BCUT2D eigenvalue weighted by molar-refractivity contribution is 0.0536. The van der Waals surface area contributed by atoms with Crippen LogP contribution in [-0.2, 0) is 0 Å². The number of aliphatic hydroxyl groups is 2. The lowest BCUT2D eigenvalue weighted by atomic mass is 10.3. The minimum absolute atomic E-state index is 0.0226. The van der Waals surface area contributed by atoms with Gasteiger partial charge in [-0.3, -0.25) is 0 Å². The van der Waals surface area contributed by atoms with Crippen LogP contribution in [0.2, 0.25) is 0 Å². The van der Waals surface area contributed by atoms with Crippen LogP contribution in [0.3, 0.4) is 0 Å². The van der Waals surface area contributed by atoms with Crippen LogP contribution < -0.4 is 10.4 Å². The molecule has 1 aromatic carbocycles. The second-order valence-corrected chi connectivity index (χ2v) is 3.93. The molecule has 1 aromatic heterocycles. The number of aromatic nitrogens is 2. The molecule has 2 rings (SSSR count). The zero-order chi connectivity index (χ0) is 13.8. The first kappa shape index (κ1) is 13.2. The zero-order valence-electron chi connectivity index (χ0n) is 9.98. The van der Waals surface area contributed by atoms with E-state index in [2.05, 4.69) is 4.98 Å². The lowest BCUT2D eigenvalue weighted by Gasteiger charge is -2.10. The summed E-state index contributed by atoms with van der Waals surface area (Å²) in [6.07, 6.45) is 0.265. The minimum atomic E-state index is -0.934. The molecule has 0 aliphatic heterocycles. The van der Waals surface area contributed by atoms with Crippen LogP contribution in [0.5, 0.6) is 11.6 Å². The first-order valence-corrected chi connectivity index (χ1v) is 5.63.